The fourth-order valence-electron chi connectivity index (χ4n) is 0.289. The van der Waals surface area contributed by atoms with Crippen LogP contribution in [0.1, 0.15) is 0 Å². The molecule has 0 saturated carbocycles. The third-order valence-corrected chi connectivity index (χ3v) is 0.798. The highest BCUT2D eigenvalue weighted by Crippen LogP contribution is 1.83. The van der Waals surface area contributed by atoms with E-state index in [1.807, 2.05) is 0 Å². The molecule has 1 unspecified atom stereocenters. The lowest BCUT2D eigenvalue weighted by atomic mass is 10.4. The van der Waals surface area contributed by atoms with Crippen LogP contribution >= 0.6 is 12.4 Å². The summed E-state index contributed by atoms with van der Waals surface area (Å²) in [6, 6.07) is 0. The highest BCUT2D eigenvalue weighted by Gasteiger charge is 1.92. The third kappa shape index (κ3) is 4.12. The number of halogens is 1. The predicted molar refractivity (Wildman–Crippen MR) is 37.3 cm³/mol. The molecule has 2 N–H and O–H groups in total. The summed E-state index contributed by atoms with van der Waals surface area (Å²) in [6.07, 6.45) is 1.71. The van der Waals surface area contributed by atoms with Crippen LogP contribution in [0.25, 0.3) is 0 Å². The molecule has 0 aliphatic carbocycles. The van der Waals surface area contributed by atoms with Crippen LogP contribution in [-0.4, -0.2) is 19.8 Å². The first kappa shape index (κ1) is 10.8. The topological polar surface area (TPSA) is 35.2 Å². The van der Waals surface area contributed by atoms with Gasteiger partial charge in [-0.3, -0.25) is 0 Å². The lowest BCUT2D eigenvalue weighted by molar-refractivity contribution is 0.148. The molecule has 0 aromatic rings. The molecule has 0 amide bonds. The molecule has 0 bridgehead atoms. The third-order valence-electron chi connectivity index (χ3n) is 0.798. The maximum atomic E-state index is 5.20. The quantitative estimate of drug-likeness (QED) is 0.578. The average Bonchev–Trinajstić information content (AvgIpc) is 1.72. The van der Waals surface area contributed by atoms with Gasteiger partial charge in [-0.25, -0.2) is 0 Å². The summed E-state index contributed by atoms with van der Waals surface area (Å²) in [5, 5.41) is 0. The van der Waals surface area contributed by atoms with Crippen LogP contribution in [0.2, 0.25) is 0 Å². The second-order valence-corrected chi connectivity index (χ2v) is 1.25. The molecular formula is C5H12ClNO. The summed E-state index contributed by atoms with van der Waals surface area (Å²) < 4.78 is 4.81. The van der Waals surface area contributed by atoms with Crippen LogP contribution in [0, 0.1) is 0 Å². The first-order chi connectivity index (χ1) is 3.35. The smallest absolute Gasteiger partial charge is 0.0871 e. The first-order valence-corrected chi connectivity index (χ1v) is 2.20. The Hall–Kier alpha value is -0.0500. The van der Waals surface area contributed by atoms with Gasteiger partial charge in [0.15, 0.2) is 0 Å². The van der Waals surface area contributed by atoms with E-state index in [1.54, 1.807) is 13.2 Å². The number of nitrogens with two attached hydrogens (primary N) is 1. The molecule has 0 aliphatic rings. The van der Waals surface area contributed by atoms with Crippen LogP contribution in [0.4, 0.5) is 0 Å². The number of ether oxygens (including phenoxy) is 1. The molecule has 0 fully saturated rings. The molecule has 0 radical (unpaired) electrons. The van der Waals surface area contributed by atoms with Gasteiger partial charge in [0.1, 0.15) is 0 Å². The normalized spacial score (nSPS) is 11.8. The lowest BCUT2D eigenvalue weighted by Crippen LogP contribution is -2.18. The van der Waals surface area contributed by atoms with E-state index in [0.29, 0.717) is 6.54 Å². The zero-order valence-corrected chi connectivity index (χ0v) is 5.78. The largest absolute Gasteiger partial charge is 0.376 e. The van der Waals surface area contributed by atoms with Gasteiger partial charge in [-0.15, -0.1) is 19.0 Å². The van der Waals surface area contributed by atoms with Crippen LogP contribution in [0.5, 0.6) is 0 Å². The van der Waals surface area contributed by atoms with E-state index in [9.17, 15) is 0 Å². The van der Waals surface area contributed by atoms with E-state index in [-0.39, 0.29) is 18.5 Å². The number of hydrogen-bond acceptors (Lipinski definition) is 2. The van der Waals surface area contributed by atoms with Gasteiger partial charge >= 0.3 is 0 Å². The maximum absolute atomic E-state index is 5.20. The fraction of sp³-hybridized carbons (Fsp3) is 0.600. The van der Waals surface area contributed by atoms with Crippen molar-refractivity contribution in [1.82, 2.24) is 0 Å². The Morgan fingerprint density at radius 1 is 1.88 bits per heavy atom. The van der Waals surface area contributed by atoms with Crippen molar-refractivity contribution >= 4 is 12.4 Å². The highest BCUT2D eigenvalue weighted by molar-refractivity contribution is 5.85. The molecule has 0 spiro atoms. The molecule has 0 rings (SSSR count). The van der Waals surface area contributed by atoms with Gasteiger partial charge in [-0.05, 0) is 0 Å². The van der Waals surface area contributed by atoms with Crippen molar-refractivity contribution in [3.05, 3.63) is 12.7 Å². The van der Waals surface area contributed by atoms with Gasteiger partial charge in [0.2, 0.25) is 0 Å². The second-order valence-electron chi connectivity index (χ2n) is 1.25. The summed E-state index contributed by atoms with van der Waals surface area (Å²) in [4.78, 5) is 0. The Morgan fingerprint density at radius 2 is 2.38 bits per heavy atom. The Labute approximate surface area is 56.1 Å². The molecule has 3 heteroatoms. The van der Waals surface area contributed by atoms with Crippen molar-refractivity contribution in [3.63, 3.8) is 0 Å². The standard InChI is InChI=1S/C5H11NO.ClH/c1-3-5(4-6)7-2;/h3,5H,1,4,6H2,2H3;1H. The minimum absolute atomic E-state index is 0. The summed E-state index contributed by atoms with van der Waals surface area (Å²) in [5.74, 6) is 0. The lowest BCUT2D eigenvalue weighted by Gasteiger charge is -2.03. The Bertz CT molecular complexity index is 54.4. The maximum Gasteiger partial charge on any atom is 0.0871 e. The van der Waals surface area contributed by atoms with E-state index < -0.39 is 0 Å². The minimum atomic E-state index is 0. The zero-order valence-electron chi connectivity index (χ0n) is 4.96. The second kappa shape index (κ2) is 6.95. The van der Waals surface area contributed by atoms with Gasteiger partial charge in [-0.1, -0.05) is 6.08 Å². The Balaban J connectivity index is 0. The SMILES string of the molecule is C=CC(CN)OC.Cl. The average molecular weight is 138 g/mol. The number of rotatable bonds is 3. The molecule has 1 atom stereocenters. The van der Waals surface area contributed by atoms with Gasteiger partial charge in [0.05, 0.1) is 6.10 Å². The van der Waals surface area contributed by atoms with Crippen molar-refractivity contribution in [3.8, 4) is 0 Å². The summed E-state index contributed by atoms with van der Waals surface area (Å²) in [6.45, 7) is 4.01. The summed E-state index contributed by atoms with van der Waals surface area (Å²) in [7, 11) is 1.61. The van der Waals surface area contributed by atoms with Crippen LogP contribution in [-0.2, 0) is 4.74 Å². The summed E-state index contributed by atoms with van der Waals surface area (Å²) >= 11 is 0. The number of methoxy groups -OCH3 is 1. The van der Waals surface area contributed by atoms with E-state index in [4.69, 9.17) is 10.5 Å². The van der Waals surface area contributed by atoms with Crippen molar-refractivity contribution in [2.75, 3.05) is 13.7 Å². The van der Waals surface area contributed by atoms with Crippen LogP contribution < -0.4 is 5.73 Å². The molecule has 50 valence electrons. The molecule has 0 saturated heterocycles. The van der Waals surface area contributed by atoms with Crippen LogP contribution in [0.15, 0.2) is 12.7 Å². The minimum Gasteiger partial charge on any atom is -0.376 e. The van der Waals surface area contributed by atoms with Crippen molar-refractivity contribution in [2.45, 2.75) is 6.10 Å². The zero-order chi connectivity index (χ0) is 5.70. The molecule has 0 aromatic carbocycles. The fourth-order valence-corrected chi connectivity index (χ4v) is 0.289. The van der Waals surface area contributed by atoms with E-state index in [1.165, 1.54) is 0 Å². The molecule has 0 aliphatic heterocycles. The van der Waals surface area contributed by atoms with Crippen LogP contribution in [0.3, 0.4) is 0 Å². The van der Waals surface area contributed by atoms with E-state index in [0.717, 1.165) is 0 Å². The highest BCUT2D eigenvalue weighted by atomic mass is 35.5. The van der Waals surface area contributed by atoms with Gasteiger partial charge in [0.25, 0.3) is 0 Å². The predicted octanol–water partition coefficient (Wildman–Crippen LogP) is 0.568. The summed E-state index contributed by atoms with van der Waals surface area (Å²) in [5.41, 5.74) is 5.20. The van der Waals surface area contributed by atoms with Crippen molar-refractivity contribution in [1.29, 1.82) is 0 Å². The van der Waals surface area contributed by atoms with E-state index in [2.05, 4.69) is 6.58 Å². The number of hydrogen-bond donors (Lipinski definition) is 1. The molecule has 0 aromatic heterocycles. The molecule has 2 nitrogen and oxygen atoms in total. The Morgan fingerprint density at radius 3 is 2.38 bits per heavy atom. The Kier molecular flexibility index (Phi) is 9.42. The van der Waals surface area contributed by atoms with Gasteiger partial charge in [0, 0.05) is 13.7 Å². The van der Waals surface area contributed by atoms with Gasteiger partial charge < -0.3 is 10.5 Å². The van der Waals surface area contributed by atoms with Crippen molar-refractivity contribution < 1.29 is 4.74 Å². The monoisotopic (exact) mass is 137 g/mol. The molecule has 8 heavy (non-hydrogen) atoms. The first-order valence-electron chi connectivity index (χ1n) is 2.20. The molecular weight excluding hydrogens is 126 g/mol. The van der Waals surface area contributed by atoms with Crippen molar-refractivity contribution in [2.24, 2.45) is 5.73 Å². The van der Waals surface area contributed by atoms with E-state index >= 15 is 0 Å². The van der Waals surface area contributed by atoms with Gasteiger partial charge in [-0.2, -0.15) is 0 Å². The molecule has 0 heterocycles.